The van der Waals surface area contributed by atoms with Crippen molar-refractivity contribution in [3.05, 3.63) is 52.8 Å². The van der Waals surface area contributed by atoms with E-state index >= 15 is 0 Å². The quantitative estimate of drug-likeness (QED) is 0.888. The Kier molecular flexibility index (Phi) is 3.27. The Bertz CT molecular complexity index is 461. The number of benzene rings is 1. The molecule has 2 N–H and O–H groups in total. The molecule has 1 unspecified atom stereocenters. The first kappa shape index (κ1) is 11.2. The van der Waals surface area contributed by atoms with Gasteiger partial charge in [0.05, 0.1) is 11.7 Å². The summed E-state index contributed by atoms with van der Waals surface area (Å²) in [6.45, 7) is 2.48. The normalized spacial score (nSPS) is 12.7. The molecular weight excluding hydrogens is 222 g/mol. The number of rotatable bonds is 3. The van der Waals surface area contributed by atoms with Gasteiger partial charge in [0.15, 0.2) is 0 Å². The average molecular weight is 236 g/mol. The first-order valence-corrected chi connectivity index (χ1v) is 5.56. The molecule has 1 aromatic heterocycles. The summed E-state index contributed by atoms with van der Waals surface area (Å²) in [6, 6.07) is 9.75. The zero-order valence-electron chi connectivity index (χ0n) is 9.10. The number of hydrogen-bond donors (Lipinski definition) is 1. The van der Waals surface area contributed by atoms with Crippen molar-refractivity contribution < 1.29 is 0 Å². The van der Waals surface area contributed by atoms with Crippen LogP contribution in [0.2, 0.25) is 5.02 Å². The van der Waals surface area contributed by atoms with Crippen LogP contribution in [0.5, 0.6) is 0 Å². The number of nitrogens with zero attached hydrogens (tertiary/aromatic N) is 2. The van der Waals surface area contributed by atoms with E-state index in [-0.39, 0.29) is 6.04 Å². The third-order valence-corrected chi connectivity index (χ3v) is 2.79. The minimum absolute atomic E-state index is 0.0750. The van der Waals surface area contributed by atoms with Crippen molar-refractivity contribution in [1.29, 1.82) is 0 Å². The van der Waals surface area contributed by atoms with E-state index in [1.54, 1.807) is 0 Å². The second-order valence-electron chi connectivity index (χ2n) is 3.74. The highest BCUT2D eigenvalue weighted by molar-refractivity contribution is 6.30. The van der Waals surface area contributed by atoms with Crippen molar-refractivity contribution in [2.75, 3.05) is 6.54 Å². The van der Waals surface area contributed by atoms with Crippen LogP contribution in [-0.4, -0.2) is 16.3 Å². The van der Waals surface area contributed by atoms with Crippen molar-refractivity contribution in [2.24, 2.45) is 5.73 Å². The maximum Gasteiger partial charge on any atom is 0.0890 e. The summed E-state index contributed by atoms with van der Waals surface area (Å²) in [5.74, 6) is 0. The molecule has 1 heterocycles. The summed E-state index contributed by atoms with van der Waals surface area (Å²) in [7, 11) is 0. The molecular formula is C12H14ClN3. The van der Waals surface area contributed by atoms with Gasteiger partial charge in [0, 0.05) is 17.8 Å². The first-order valence-electron chi connectivity index (χ1n) is 5.18. The lowest BCUT2D eigenvalue weighted by molar-refractivity contribution is 0.529. The van der Waals surface area contributed by atoms with E-state index in [9.17, 15) is 0 Å². The second kappa shape index (κ2) is 4.68. The van der Waals surface area contributed by atoms with E-state index in [4.69, 9.17) is 17.3 Å². The molecule has 0 aliphatic rings. The molecule has 84 valence electrons. The van der Waals surface area contributed by atoms with Crippen molar-refractivity contribution >= 4 is 11.6 Å². The van der Waals surface area contributed by atoms with Gasteiger partial charge in [-0.1, -0.05) is 23.7 Å². The van der Waals surface area contributed by atoms with Gasteiger partial charge >= 0.3 is 0 Å². The molecule has 0 spiro atoms. The standard InChI is InChI=1S/C12H14ClN3/c1-9-6-7-16(15-9)12(8-14)10-2-4-11(13)5-3-10/h2-7,12H,8,14H2,1H3. The lowest BCUT2D eigenvalue weighted by atomic mass is 10.1. The molecule has 0 amide bonds. The monoisotopic (exact) mass is 235 g/mol. The molecule has 0 bridgehead atoms. The lowest BCUT2D eigenvalue weighted by Gasteiger charge is -2.15. The molecule has 1 atom stereocenters. The lowest BCUT2D eigenvalue weighted by Crippen LogP contribution is -2.20. The van der Waals surface area contributed by atoms with Crippen LogP contribution in [0, 0.1) is 6.92 Å². The van der Waals surface area contributed by atoms with Gasteiger partial charge in [-0.2, -0.15) is 5.10 Å². The Morgan fingerprint density at radius 2 is 2.00 bits per heavy atom. The Labute approximate surface area is 99.8 Å². The van der Waals surface area contributed by atoms with Gasteiger partial charge in [-0.25, -0.2) is 0 Å². The van der Waals surface area contributed by atoms with Gasteiger partial charge in [-0.15, -0.1) is 0 Å². The van der Waals surface area contributed by atoms with Crippen LogP contribution in [0.1, 0.15) is 17.3 Å². The second-order valence-corrected chi connectivity index (χ2v) is 4.18. The smallest absolute Gasteiger partial charge is 0.0890 e. The fourth-order valence-electron chi connectivity index (χ4n) is 1.69. The highest BCUT2D eigenvalue weighted by Crippen LogP contribution is 2.19. The van der Waals surface area contributed by atoms with Gasteiger partial charge < -0.3 is 5.73 Å². The van der Waals surface area contributed by atoms with E-state index in [2.05, 4.69) is 5.10 Å². The number of halogens is 1. The molecule has 0 aliphatic heterocycles. The van der Waals surface area contributed by atoms with Crippen LogP contribution in [-0.2, 0) is 0 Å². The summed E-state index contributed by atoms with van der Waals surface area (Å²) in [4.78, 5) is 0. The summed E-state index contributed by atoms with van der Waals surface area (Å²) in [5, 5.41) is 5.12. The number of aryl methyl sites for hydroxylation is 1. The largest absolute Gasteiger partial charge is 0.328 e. The molecule has 4 heteroatoms. The number of hydrogen-bond acceptors (Lipinski definition) is 2. The van der Waals surface area contributed by atoms with Gasteiger partial charge in [0.25, 0.3) is 0 Å². The fraction of sp³-hybridized carbons (Fsp3) is 0.250. The number of nitrogens with two attached hydrogens (primary N) is 1. The molecule has 0 saturated heterocycles. The molecule has 0 saturated carbocycles. The molecule has 2 aromatic rings. The minimum atomic E-state index is 0.0750. The SMILES string of the molecule is Cc1ccn(C(CN)c2ccc(Cl)cc2)n1. The molecule has 0 radical (unpaired) electrons. The van der Waals surface area contributed by atoms with Crippen LogP contribution in [0.15, 0.2) is 36.5 Å². The van der Waals surface area contributed by atoms with Crippen LogP contribution in [0.3, 0.4) is 0 Å². The van der Waals surface area contributed by atoms with E-state index in [0.29, 0.717) is 6.54 Å². The van der Waals surface area contributed by atoms with Crippen molar-refractivity contribution in [3.63, 3.8) is 0 Å². The minimum Gasteiger partial charge on any atom is -0.328 e. The zero-order valence-corrected chi connectivity index (χ0v) is 9.85. The third-order valence-electron chi connectivity index (χ3n) is 2.54. The highest BCUT2D eigenvalue weighted by atomic mass is 35.5. The van der Waals surface area contributed by atoms with Crippen LogP contribution < -0.4 is 5.73 Å². The van der Waals surface area contributed by atoms with Crippen molar-refractivity contribution in [3.8, 4) is 0 Å². The molecule has 2 rings (SSSR count). The van der Waals surface area contributed by atoms with Crippen molar-refractivity contribution in [2.45, 2.75) is 13.0 Å². The third kappa shape index (κ3) is 2.26. The van der Waals surface area contributed by atoms with Crippen LogP contribution in [0.25, 0.3) is 0 Å². The Morgan fingerprint density at radius 3 is 2.50 bits per heavy atom. The fourth-order valence-corrected chi connectivity index (χ4v) is 1.81. The van der Waals surface area contributed by atoms with Gasteiger partial charge in [-0.05, 0) is 30.7 Å². The Morgan fingerprint density at radius 1 is 1.31 bits per heavy atom. The van der Waals surface area contributed by atoms with E-state index in [1.807, 2.05) is 48.1 Å². The maximum absolute atomic E-state index is 5.86. The summed E-state index contributed by atoms with van der Waals surface area (Å²) < 4.78 is 1.89. The van der Waals surface area contributed by atoms with E-state index in [1.165, 1.54) is 0 Å². The topological polar surface area (TPSA) is 43.8 Å². The molecule has 0 aliphatic carbocycles. The zero-order chi connectivity index (χ0) is 11.5. The van der Waals surface area contributed by atoms with Crippen molar-refractivity contribution in [1.82, 2.24) is 9.78 Å². The summed E-state index contributed by atoms with van der Waals surface area (Å²) >= 11 is 5.86. The predicted octanol–water partition coefficient (Wildman–Crippen LogP) is 2.39. The van der Waals surface area contributed by atoms with Crippen LogP contribution in [0.4, 0.5) is 0 Å². The molecule has 1 aromatic carbocycles. The van der Waals surface area contributed by atoms with E-state index < -0.39 is 0 Å². The van der Waals surface area contributed by atoms with Crippen LogP contribution >= 0.6 is 11.6 Å². The van der Waals surface area contributed by atoms with Gasteiger partial charge in [0.1, 0.15) is 0 Å². The average Bonchev–Trinajstić information content (AvgIpc) is 2.69. The van der Waals surface area contributed by atoms with E-state index in [0.717, 1.165) is 16.3 Å². The van der Waals surface area contributed by atoms with Gasteiger partial charge in [0.2, 0.25) is 0 Å². The molecule has 3 nitrogen and oxygen atoms in total. The Hall–Kier alpha value is -1.32. The molecule has 16 heavy (non-hydrogen) atoms. The summed E-state index contributed by atoms with van der Waals surface area (Å²) in [5.41, 5.74) is 7.90. The predicted molar refractivity (Wildman–Crippen MR) is 65.6 cm³/mol. The first-order chi connectivity index (χ1) is 7.70. The van der Waals surface area contributed by atoms with Gasteiger partial charge in [-0.3, -0.25) is 4.68 Å². The summed E-state index contributed by atoms with van der Waals surface area (Å²) in [6.07, 6.45) is 1.95. The maximum atomic E-state index is 5.86. The molecule has 0 fully saturated rings. The Balaban J connectivity index is 2.32. The number of aromatic nitrogens is 2. The highest BCUT2D eigenvalue weighted by Gasteiger charge is 2.12.